The van der Waals surface area contributed by atoms with Crippen molar-refractivity contribution in [2.45, 2.75) is 55.3 Å². The maximum Gasteiger partial charge on any atom is 0.214 e. The summed E-state index contributed by atoms with van der Waals surface area (Å²) in [7, 11) is 0. The normalized spacial score (nSPS) is 15.9. The molecule has 0 saturated heterocycles. The number of hydrogen-bond acceptors (Lipinski definition) is 5. The average Bonchev–Trinajstić information content (AvgIpc) is 3.09. The van der Waals surface area contributed by atoms with Crippen LogP contribution in [0.25, 0.3) is 0 Å². The van der Waals surface area contributed by atoms with Crippen molar-refractivity contribution in [3.05, 3.63) is 29.3 Å². The van der Waals surface area contributed by atoms with Gasteiger partial charge in [0.15, 0.2) is 0 Å². The van der Waals surface area contributed by atoms with Crippen LogP contribution < -0.4 is 0 Å². The highest BCUT2D eigenvalue weighted by Crippen LogP contribution is 2.34. The van der Waals surface area contributed by atoms with Gasteiger partial charge in [0.25, 0.3) is 0 Å². The summed E-state index contributed by atoms with van der Waals surface area (Å²) in [5.74, 6) is 0. The van der Waals surface area contributed by atoms with Crippen molar-refractivity contribution >= 4 is 11.8 Å². The van der Waals surface area contributed by atoms with E-state index in [1.807, 2.05) is 23.7 Å². The molecular weight excluding hydrogens is 272 g/mol. The molecule has 2 aromatic rings. The van der Waals surface area contributed by atoms with Gasteiger partial charge in [0.2, 0.25) is 5.16 Å². The zero-order valence-electron chi connectivity index (χ0n) is 11.5. The molecule has 3 rings (SSSR count). The van der Waals surface area contributed by atoms with Gasteiger partial charge >= 0.3 is 0 Å². The number of aryl methyl sites for hydroxylation is 1. The topological polar surface area (TPSA) is 63.8 Å². The third kappa shape index (κ3) is 2.71. The molecule has 1 aromatic heterocycles. The van der Waals surface area contributed by atoms with E-state index in [1.54, 1.807) is 11.8 Å². The molecule has 0 atom stereocenters. The fourth-order valence-corrected chi connectivity index (χ4v) is 3.58. The van der Waals surface area contributed by atoms with Crippen LogP contribution in [0, 0.1) is 6.92 Å². The minimum Gasteiger partial charge on any atom is -0.392 e. The van der Waals surface area contributed by atoms with Crippen LogP contribution >= 0.6 is 11.8 Å². The summed E-state index contributed by atoms with van der Waals surface area (Å²) in [5, 5.41) is 22.2. The number of tetrazole rings is 1. The molecule has 0 bridgehead atoms. The van der Waals surface area contributed by atoms with E-state index in [9.17, 15) is 5.11 Å². The maximum absolute atomic E-state index is 9.21. The summed E-state index contributed by atoms with van der Waals surface area (Å²) < 4.78 is 1.97. The van der Waals surface area contributed by atoms with Crippen LogP contribution in [0.3, 0.4) is 0 Å². The summed E-state index contributed by atoms with van der Waals surface area (Å²) in [4.78, 5) is 1.11. The van der Waals surface area contributed by atoms with Crippen LogP contribution in [-0.2, 0) is 6.61 Å². The maximum atomic E-state index is 9.21. The van der Waals surface area contributed by atoms with Gasteiger partial charge in [0.05, 0.1) is 12.6 Å². The highest BCUT2D eigenvalue weighted by molar-refractivity contribution is 7.99. The molecule has 0 unspecified atom stereocenters. The molecule has 20 heavy (non-hydrogen) atoms. The summed E-state index contributed by atoms with van der Waals surface area (Å²) in [6.07, 6.45) is 4.86. The van der Waals surface area contributed by atoms with E-state index in [-0.39, 0.29) is 6.61 Å². The van der Waals surface area contributed by atoms with Crippen LogP contribution in [0.15, 0.2) is 28.3 Å². The molecule has 1 N–H and O–H groups in total. The van der Waals surface area contributed by atoms with Gasteiger partial charge in [0, 0.05) is 4.90 Å². The van der Waals surface area contributed by atoms with Crippen LogP contribution in [0.5, 0.6) is 0 Å². The molecule has 1 aliphatic rings. The minimum absolute atomic E-state index is 0.0800. The lowest BCUT2D eigenvalue weighted by atomic mass is 10.1. The molecule has 0 aliphatic heterocycles. The van der Waals surface area contributed by atoms with Gasteiger partial charge in [-0.25, -0.2) is 4.68 Å². The molecule has 0 radical (unpaired) electrons. The first-order valence-electron chi connectivity index (χ1n) is 6.94. The van der Waals surface area contributed by atoms with Crippen molar-refractivity contribution in [3.8, 4) is 0 Å². The number of nitrogens with zero attached hydrogens (tertiary/aromatic N) is 4. The highest BCUT2D eigenvalue weighted by atomic mass is 32.2. The number of rotatable bonds is 4. The molecule has 0 spiro atoms. The van der Waals surface area contributed by atoms with E-state index in [1.165, 1.54) is 25.7 Å². The number of benzene rings is 1. The predicted molar refractivity (Wildman–Crippen MR) is 76.5 cm³/mol. The van der Waals surface area contributed by atoms with Crippen LogP contribution in [0.1, 0.15) is 42.9 Å². The zero-order valence-corrected chi connectivity index (χ0v) is 12.3. The molecule has 1 saturated carbocycles. The van der Waals surface area contributed by atoms with Crippen LogP contribution in [-0.4, -0.2) is 25.3 Å². The zero-order chi connectivity index (χ0) is 13.9. The number of hydrogen-bond donors (Lipinski definition) is 1. The summed E-state index contributed by atoms with van der Waals surface area (Å²) in [6, 6.07) is 6.49. The van der Waals surface area contributed by atoms with Gasteiger partial charge in [-0.3, -0.25) is 0 Å². The van der Waals surface area contributed by atoms with E-state index >= 15 is 0 Å². The lowest BCUT2D eigenvalue weighted by Gasteiger charge is -2.11. The Balaban J connectivity index is 1.81. The molecular formula is C14H18N4OS. The van der Waals surface area contributed by atoms with Crippen molar-refractivity contribution in [2.75, 3.05) is 0 Å². The van der Waals surface area contributed by atoms with E-state index in [2.05, 4.69) is 21.6 Å². The Morgan fingerprint density at radius 1 is 1.35 bits per heavy atom. The Morgan fingerprint density at radius 2 is 2.15 bits per heavy atom. The van der Waals surface area contributed by atoms with Gasteiger partial charge in [-0.1, -0.05) is 18.9 Å². The second kappa shape index (κ2) is 5.93. The van der Waals surface area contributed by atoms with E-state index in [4.69, 9.17) is 0 Å². The number of aromatic nitrogens is 4. The first-order chi connectivity index (χ1) is 9.78. The molecule has 5 nitrogen and oxygen atoms in total. The first kappa shape index (κ1) is 13.6. The van der Waals surface area contributed by atoms with Crippen molar-refractivity contribution < 1.29 is 5.11 Å². The third-order valence-electron chi connectivity index (χ3n) is 3.83. The minimum atomic E-state index is 0.0800. The molecule has 1 heterocycles. The van der Waals surface area contributed by atoms with E-state index in [0.717, 1.165) is 21.2 Å². The molecule has 1 fully saturated rings. The number of aliphatic hydroxyl groups is 1. The smallest absolute Gasteiger partial charge is 0.214 e. The van der Waals surface area contributed by atoms with Crippen LogP contribution in [0.4, 0.5) is 0 Å². The standard InChI is InChI=1S/C14H18N4OS/c1-10-8-13(7-6-11(10)9-19)20-14-15-16-17-18(14)12-4-2-3-5-12/h6-8,12,19H,2-5,9H2,1H3. The van der Waals surface area contributed by atoms with Crippen molar-refractivity contribution in [2.24, 2.45) is 0 Å². The van der Waals surface area contributed by atoms with Gasteiger partial charge in [0.1, 0.15) is 0 Å². The quantitative estimate of drug-likeness (QED) is 0.938. The average molecular weight is 290 g/mol. The summed E-state index contributed by atoms with van der Waals surface area (Å²) >= 11 is 1.59. The highest BCUT2D eigenvalue weighted by Gasteiger charge is 2.21. The fourth-order valence-electron chi connectivity index (χ4n) is 2.65. The lowest BCUT2D eigenvalue weighted by molar-refractivity contribution is 0.281. The fraction of sp³-hybridized carbons (Fsp3) is 0.500. The molecule has 0 amide bonds. The first-order valence-corrected chi connectivity index (χ1v) is 7.75. The largest absolute Gasteiger partial charge is 0.392 e. The van der Waals surface area contributed by atoms with Gasteiger partial charge < -0.3 is 5.11 Å². The van der Waals surface area contributed by atoms with Gasteiger partial charge in [-0.05, 0) is 65.2 Å². The monoisotopic (exact) mass is 290 g/mol. The van der Waals surface area contributed by atoms with E-state index < -0.39 is 0 Å². The van der Waals surface area contributed by atoms with Crippen molar-refractivity contribution in [3.63, 3.8) is 0 Å². The summed E-state index contributed by atoms with van der Waals surface area (Å²) in [5.41, 5.74) is 2.06. The molecule has 6 heteroatoms. The Bertz CT molecular complexity index is 593. The Kier molecular flexibility index (Phi) is 4.03. The van der Waals surface area contributed by atoms with Gasteiger partial charge in [-0.15, -0.1) is 5.10 Å². The molecule has 1 aromatic carbocycles. The Morgan fingerprint density at radius 3 is 2.85 bits per heavy atom. The molecule has 106 valence electrons. The SMILES string of the molecule is Cc1cc(Sc2nnnn2C2CCCC2)ccc1CO. The lowest BCUT2D eigenvalue weighted by Crippen LogP contribution is -2.08. The second-order valence-corrected chi connectivity index (χ2v) is 6.23. The van der Waals surface area contributed by atoms with Gasteiger partial charge in [-0.2, -0.15) is 0 Å². The molecule has 1 aliphatic carbocycles. The van der Waals surface area contributed by atoms with Crippen LogP contribution in [0.2, 0.25) is 0 Å². The second-order valence-electron chi connectivity index (χ2n) is 5.19. The van der Waals surface area contributed by atoms with Crippen molar-refractivity contribution in [1.82, 2.24) is 20.2 Å². The Labute approximate surface area is 122 Å². The Hall–Kier alpha value is -1.40. The summed E-state index contributed by atoms with van der Waals surface area (Å²) in [6.45, 7) is 2.09. The van der Waals surface area contributed by atoms with Crippen molar-refractivity contribution in [1.29, 1.82) is 0 Å². The third-order valence-corrected chi connectivity index (χ3v) is 4.77. The van der Waals surface area contributed by atoms with E-state index in [0.29, 0.717) is 6.04 Å². The number of aliphatic hydroxyl groups excluding tert-OH is 1. The predicted octanol–water partition coefficient (Wildman–Crippen LogP) is 2.74.